The predicted octanol–water partition coefficient (Wildman–Crippen LogP) is 2.12. The standard InChI is InChI=1S/C10H10N2S/c1-7-6-13-10(12-7)8-2-4-9(11)5-3-8/h2-6H,11H2,1H3/p+1. The van der Waals surface area contributed by atoms with Crippen molar-refractivity contribution < 1.29 is 4.98 Å². The zero-order chi connectivity index (χ0) is 9.26. The molecule has 1 aromatic carbocycles. The van der Waals surface area contributed by atoms with Gasteiger partial charge in [-0.15, -0.1) is 0 Å². The van der Waals surface area contributed by atoms with Gasteiger partial charge < -0.3 is 5.73 Å². The number of nitrogens with one attached hydrogen (secondary N) is 1. The molecule has 0 aliphatic carbocycles. The number of rotatable bonds is 1. The number of aryl methyl sites for hydroxylation is 1. The van der Waals surface area contributed by atoms with Crippen LogP contribution in [0.3, 0.4) is 0 Å². The molecule has 0 bridgehead atoms. The molecule has 0 amide bonds. The summed E-state index contributed by atoms with van der Waals surface area (Å²) in [4.78, 5) is 3.29. The van der Waals surface area contributed by atoms with E-state index >= 15 is 0 Å². The number of hydrogen-bond donors (Lipinski definition) is 1. The van der Waals surface area contributed by atoms with Gasteiger partial charge in [0.15, 0.2) is 5.69 Å². The average molecular weight is 191 g/mol. The van der Waals surface area contributed by atoms with Gasteiger partial charge in [-0.05, 0) is 24.3 Å². The van der Waals surface area contributed by atoms with Crippen LogP contribution in [0.5, 0.6) is 0 Å². The highest BCUT2D eigenvalue weighted by molar-refractivity contribution is 7.12. The van der Waals surface area contributed by atoms with Crippen molar-refractivity contribution in [2.45, 2.75) is 6.92 Å². The van der Waals surface area contributed by atoms with Gasteiger partial charge in [-0.2, -0.15) is 4.98 Å². The second kappa shape index (κ2) is 3.18. The molecule has 3 heteroatoms. The van der Waals surface area contributed by atoms with E-state index in [1.807, 2.05) is 24.3 Å². The lowest BCUT2D eigenvalue weighted by molar-refractivity contribution is -0.367. The van der Waals surface area contributed by atoms with Crippen LogP contribution in [0.1, 0.15) is 5.69 Å². The minimum absolute atomic E-state index is 0.803. The third kappa shape index (κ3) is 1.70. The van der Waals surface area contributed by atoms with Gasteiger partial charge in [0.25, 0.3) is 5.01 Å². The number of benzene rings is 1. The molecular weight excluding hydrogens is 180 g/mol. The number of anilines is 1. The lowest BCUT2D eigenvalue weighted by Crippen LogP contribution is -2.03. The smallest absolute Gasteiger partial charge is 0.267 e. The Bertz CT molecular complexity index is 403. The molecule has 0 aliphatic heterocycles. The average Bonchev–Trinajstić information content (AvgIpc) is 2.53. The van der Waals surface area contributed by atoms with E-state index in [4.69, 9.17) is 5.73 Å². The van der Waals surface area contributed by atoms with Crippen molar-refractivity contribution in [1.29, 1.82) is 0 Å². The van der Waals surface area contributed by atoms with Crippen LogP contribution in [0.2, 0.25) is 0 Å². The molecule has 0 aliphatic rings. The van der Waals surface area contributed by atoms with Gasteiger partial charge in [0.05, 0.1) is 10.9 Å². The molecule has 0 saturated heterocycles. The van der Waals surface area contributed by atoms with Gasteiger partial charge in [-0.25, -0.2) is 0 Å². The lowest BCUT2D eigenvalue weighted by Gasteiger charge is -1.92. The van der Waals surface area contributed by atoms with Gasteiger partial charge in [0.1, 0.15) is 0 Å². The second-order valence-electron chi connectivity index (χ2n) is 2.99. The summed E-state index contributed by atoms with van der Waals surface area (Å²) < 4.78 is 0. The Morgan fingerprint density at radius 2 is 1.92 bits per heavy atom. The zero-order valence-corrected chi connectivity index (χ0v) is 8.19. The van der Waals surface area contributed by atoms with E-state index in [1.165, 1.54) is 16.3 Å². The maximum absolute atomic E-state index is 5.60. The highest BCUT2D eigenvalue weighted by Gasteiger charge is 2.07. The van der Waals surface area contributed by atoms with E-state index in [1.54, 1.807) is 11.3 Å². The molecule has 1 heterocycles. The Labute approximate surface area is 81.1 Å². The fourth-order valence-electron chi connectivity index (χ4n) is 1.16. The van der Waals surface area contributed by atoms with E-state index in [0.29, 0.717) is 0 Å². The number of H-pyrrole nitrogens is 1. The van der Waals surface area contributed by atoms with Crippen LogP contribution >= 0.6 is 11.3 Å². The van der Waals surface area contributed by atoms with Crippen LogP contribution in [0.25, 0.3) is 10.6 Å². The second-order valence-corrected chi connectivity index (χ2v) is 3.87. The predicted molar refractivity (Wildman–Crippen MR) is 55.5 cm³/mol. The Kier molecular flexibility index (Phi) is 2.02. The van der Waals surface area contributed by atoms with Crippen molar-refractivity contribution in [1.82, 2.24) is 0 Å². The maximum atomic E-state index is 5.60. The van der Waals surface area contributed by atoms with Crippen molar-refractivity contribution in [2.75, 3.05) is 5.73 Å². The fourth-order valence-corrected chi connectivity index (χ4v) is 2.01. The Balaban J connectivity index is 2.41. The van der Waals surface area contributed by atoms with Crippen LogP contribution in [0.4, 0.5) is 5.69 Å². The van der Waals surface area contributed by atoms with Gasteiger partial charge in [-0.3, -0.25) is 0 Å². The van der Waals surface area contributed by atoms with Gasteiger partial charge >= 0.3 is 0 Å². The summed E-state index contributed by atoms with van der Waals surface area (Å²) in [6.45, 7) is 2.05. The molecular formula is C10H11N2S+. The maximum Gasteiger partial charge on any atom is 0.267 e. The van der Waals surface area contributed by atoms with Crippen LogP contribution in [0.15, 0.2) is 29.6 Å². The Morgan fingerprint density at radius 1 is 1.23 bits per heavy atom. The summed E-state index contributed by atoms with van der Waals surface area (Å²) in [5.41, 5.74) is 8.78. The molecule has 3 N–H and O–H groups in total. The number of aromatic amines is 1. The molecule has 0 radical (unpaired) electrons. The van der Waals surface area contributed by atoms with Crippen LogP contribution < -0.4 is 10.7 Å². The number of nitrogen functional groups attached to an aromatic ring is 1. The van der Waals surface area contributed by atoms with Crippen LogP contribution in [-0.2, 0) is 0 Å². The highest BCUT2D eigenvalue weighted by atomic mass is 32.1. The van der Waals surface area contributed by atoms with E-state index < -0.39 is 0 Å². The van der Waals surface area contributed by atoms with Crippen molar-refractivity contribution in [3.05, 3.63) is 35.3 Å². The van der Waals surface area contributed by atoms with Gasteiger partial charge in [0, 0.05) is 12.6 Å². The van der Waals surface area contributed by atoms with Crippen molar-refractivity contribution in [3.63, 3.8) is 0 Å². The van der Waals surface area contributed by atoms with Crippen molar-refractivity contribution >= 4 is 17.0 Å². The summed E-state index contributed by atoms with van der Waals surface area (Å²) >= 11 is 1.71. The molecule has 66 valence electrons. The van der Waals surface area contributed by atoms with Crippen LogP contribution in [-0.4, -0.2) is 0 Å². The normalized spacial score (nSPS) is 10.2. The highest BCUT2D eigenvalue weighted by Crippen LogP contribution is 2.20. The first kappa shape index (κ1) is 8.26. The van der Waals surface area contributed by atoms with E-state index in [2.05, 4.69) is 17.3 Å². The zero-order valence-electron chi connectivity index (χ0n) is 7.37. The molecule has 13 heavy (non-hydrogen) atoms. The van der Waals surface area contributed by atoms with Gasteiger partial charge in [0.2, 0.25) is 0 Å². The molecule has 0 fully saturated rings. The first-order valence-electron chi connectivity index (χ1n) is 4.09. The lowest BCUT2D eigenvalue weighted by atomic mass is 10.2. The molecule has 0 saturated carbocycles. The molecule has 0 unspecified atom stereocenters. The third-order valence-corrected chi connectivity index (χ3v) is 2.88. The minimum Gasteiger partial charge on any atom is -0.399 e. The third-order valence-electron chi connectivity index (χ3n) is 1.84. The SMILES string of the molecule is Cc1csc(-c2ccc(N)cc2)[nH+]1. The molecule has 1 aromatic heterocycles. The van der Waals surface area contributed by atoms with E-state index in [9.17, 15) is 0 Å². The van der Waals surface area contributed by atoms with E-state index in [-0.39, 0.29) is 0 Å². The molecule has 2 nitrogen and oxygen atoms in total. The number of aromatic nitrogens is 1. The first-order valence-corrected chi connectivity index (χ1v) is 4.97. The number of hydrogen-bond acceptors (Lipinski definition) is 2. The largest absolute Gasteiger partial charge is 0.399 e. The first-order chi connectivity index (χ1) is 6.25. The molecule has 0 atom stereocenters. The fraction of sp³-hybridized carbons (Fsp3) is 0.100. The topological polar surface area (TPSA) is 40.2 Å². The number of nitrogens with two attached hydrogens (primary N) is 1. The number of thiazole rings is 1. The molecule has 0 spiro atoms. The monoisotopic (exact) mass is 191 g/mol. The Hall–Kier alpha value is -1.35. The molecule has 2 rings (SSSR count). The quantitative estimate of drug-likeness (QED) is 0.689. The minimum atomic E-state index is 0.803. The summed E-state index contributed by atoms with van der Waals surface area (Å²) in [6.07, 6.45) is 0. The summed E-state index contributed by atoms with van der Waals surface area (Å²) in [5.74, 6) is 0. The van der Waals surface area contributed by atoms with E-state index in [0.717, 1.165) is 5.69 Å². The summed E-state index contributed by atoms with van der Waals surface area (Å²) in [6, 6.07) is 7.88. The van der Waals surface area contributed by atoms with Gasteiger partial charge in [-0.1, -0.05) is 11.3 Å². The van der Waals surface area contributed by atoms with Crippen LogP contribution in [0, 0.1) is 6.92 Å². The Morgan fingerprint density at radius 3 is 2.46 bits per heavy atom. The van der Waals surface area contributed by atoms with Crippen molar-refractivity contribution in [3.8, 4) is 10.6 Å². The molecule has 2 aromatic rings. The van der Waals surface area contributed by atoms with Crippen molar-refractivity contribution in [2.24, 2.45) is 0 Å². The summed E-state index contributed by atoms with van der Waals surface area (Å²) in [5, 5.41) is 3.28. The summed E-state index contributed by atoms with van der Waals surface area (Å²) in [7, 11) is 0.